The van der Waals surface area contributed by atoms with E-state index < -0.39 is 6.29 Å². The second-order valence-electron chi connectivity index (χ2n) is 7.54. The van der Waals surface area contributed by atoms with Crippen LogP contribution in [0.4, 0.5) is 0 Å². The summed E-state index contributed by atoms with van der Waals surface area (Å²) in [4.78, 5) is 0. The summed E-state index contributed by atoms with van der Waals surface area (Å²) in [5, 5.41) is 9.07. The lowest BCUT2D eigenvalue weighted by Crippen LogP contribution is -2.10. The van der Waals surface area contributed by atoms with Crippen LogP contribution in [0.2, 0.25) is 0 Å². The van der Waals surface area contributed by atoms with E-state index in [0.29, 0.717) is 17.4 Å². The zero-order valence-electron chi connectivity index (χ0n) is 16.1. The molecule has 0 aliphatic carbocycles. The number of para-hydroxylation sites is 1. The molecule has 0 bridgehead atoms. The predicted molar refractivity (Wildman–Crippen MR) is 103 cm³/mol. The highest BCUT2D eigenvalue weighted by molar-refractivity contribution is 5.51. The Morgan fingerprint density at radius 1 is 1.15 bits per heavy atom. The first-order valence-corrected chi connectivity index (χ1v) is 9.50. The number of fused-ring (bicyclic) bond motifs is 1. The van der Waals surface area contributed by atoms with Gasteiger partial charge in [-0.05, 0) is 61.4 Å². The van der Waals surface area contributed by atoms with Crippen molar-refractivity contribution in [1.29, 1.82) is 5.26 Å². The SMILES string of the molecule is CCCC(CC(C)C)c1cccc2c1OC(c1ccc(C#N)cc1C)O2. The second-order valence-corrected chi connectivity index (χ2v) is 7.54. The highest BCUT2D eigenvalue weighted by Crippen LogP contribution is 2.47. The molecule has 3 nitrogen and oxygen atoms in total. The maximum atomic E-state index is 9.07. The fourth-order valence-electron chi connectivity index (χ4n) is 3.77. The fraction of sp³-hybridized carbons (Fsp3) is 0.435. The molecule has 136 valence electrons. The van der Waals surface area contributed by atoms with E-state index in [1.165, 1.54) is 5.56 Å². The van der Waals surface area contributed by atoms with Gasteiger partial charge in [-0.2, -0.15) is 5.26 Å². The van der Waals surface area contributed by atoms with Gasteiger partial charge >= 0.3 is 0 Å². The minimum Gasteiger partial charge on any atom is -0.447 e. The van der Waals surface area contributed by atoms with Gasteiger partial charge in [0.15, 0.2) is 11.5 Å². The molecule has 2 aromatic carbocycles. The minimum absolute atomic E-state index is 0.444. The van der Waals surface area contributed by atoms with Crippen LogP contribution in [0.25, 0.3) is 0 Å². The number of ether oxygens (including phenoxy) is 2. The molecule has 1 aliphatic rings. The molecule has 0 saturated carbocycles. The Balaban J connectivity index is 1.90. The minimum atomic E-state index is -0.444. The topological polar surface area (TPSA) is 42.2 Å². The Labute approximate surface area is 156 Å². The quantitative estimate of drug-likeness (QED) is 0.617. The summed E-state index contributed by atoms with van der Waals surface area (Å²) in [6.07, 6.45) is 3.01. The smallest absolute Gasteiger partial charge is 0.268 e. The summed E-state index contributed by atoms with van der Waals surface area (Å²) in [5.74, 6) is 2.84. The monoisotopic (exact) mass is 349 g/mol. The van der Waals surface area contributed by atoms with Crippen molar-refractivity contribution in [3.63, 3.8) is 0 Å². The number of benzene rings is 2. The molecular weight excluding hydrogens is 322 g/mol. The summed E-state index contributed by atoms with van der Waals surface area (Å²) in [6, 6.07) is 14.0. The lowest BCUT2D eigenvalue weighted by atomic mass is 9.86. The van der Waals surface area contributed by atoms with E-state index in [1.807, 2.05) is 31.2 Å². The number of nitrogens with zero attached hydrogens (tertiary/aromatic N) is 1. The van der Waals surface area contributed by atoms with Crippen LogP contribution in [0, 0.1) is 24.2 Å². The van der Waals surface area contributed by atoms with Gasteiger partial charge in [0.1, 0.15) is 0 Å². The zero-order valence-corrected chi connectivity index (χ0v) is 16.1. The van der Waals surface area contributed by atoms with Gasteiger partial charge in [0.2, 0.25) is 0 Å². The van der Waals surface area contributed by atoms with Gasteiger partial charge in [-0.25, -0.2) is 0 Å². The van der Waals surface area contributed by atoms with Crippen molar-refractivity contribution in [2.75, 3.05) is 0 Å². The average molecular weight is 349 g/mol. The number of rotatable bonds is 6. The highest BCUT2D eigenvalue weighted by Gasteiger charge is 2.31. The molecule has 2 unspecified atom stereocenters. The second kappa shape index (κ2) is 7.83. The maximum absolute atomic E-state index is 9.07. The normalized spacial score (nSPS) is 16.5. The fourth-order valence-corrected chi connectivity index (χ4v) is 3.77. The first-order chi connectivity index (χ1) is 12.5. The molecule has 0 saturated heterocycles. The molecule has 0 aromatic heterocycles. The van der Waals surface area contributed by atoms with Crippen molar-refractivity contribution in [1.82, 2.24) is 0 Å². The van der Waals surface area contributed by atoms with Gasteiger partial charge in [-0.15, -0.1) is 0 Å². The summed E-state index contributed by atoms with van der Waals surface area (Å²) in [5.41, 5.74) is 3.90. The number of aryl methyl sites for hydroxylation is 1. The van der Waals surface area contributed by atoms with E-state index in [4.69, 9.17) is 14.7 Å². The van der Waals surface area contributed by atoms with Gasteiger partial charge in [0.05, 0.1) is 11.6 Å². The molecule has 3 rings (SSSR count). The molecule has 0 spiro atoms. The summed E-state index contributed by atoms with van der Waals surface area (Å²) < 4.78 is 12.4. The van der Waals surface area contributed by atoms with Gasteiger partial charge in [0.25, 0.3) is 6.29 Å². The van der Waals surface area contributed by atoms with Crippen LogP contribution in [0.1, 0.15) is 74.5 Å². The standard InChI is InChI=1S/C23H27NO2/c1-5-7-18(12-15(2)3)20-8-6-9-21-22(20)26-23(25-21)19-11-10-17(14-24)13-16(19)4/h6,8-11,13,15,18,23H,5,7,12H2,1-4H3. The van der Waals surface area contributed by atoms with Gasteiger partial charge < -0.3 is 9.47 Å². The van der Waals surface area contributed by atoms with Crippen LogP contribution in [0.15, 0.2) is 36.4 Å². The van der Waals surface area contributed by atoms with Crippen molar-refractivity contribution in [2.45, 2.75) is 59.2 Å². The van der Waals surface area contributed by atoms with Crippen molar-refractivity contribution in [3.8, 4) is 17.6 Å². The van der Waals surface area contributed by atoms with Crippen LogP contribution >= 0.6 is 0 Å². The molecule has 2 atom stereocenters. The third kappa shape index (κ3) is 3.70. The largest absolute Gasteiger partial charge is 0.447 e. The Kier molecular flexibility index (Phi) is 5.52. The van der Waals surface area contributed by atoms with Gasteiger partial charge in [-0.1, -0.05) is 39.3 Å². The molecule has 1 heterocycles. The van der Waals surface area contributed by atoms with E-state index >= 15 is 0 Å². The van der Waals surface area contributed by atoms with Crippen LogP contribution < -0.4 is 9.47 Å². The average Bonchev–Trinajstić information content (AvgIpc) is 3.04. The molecule has 0 amide bonds. The number of hydrogen-bond acceptors (Lipinski definition) is 3. The van der Waals surface area contributed by atoms with Gasteiger partial charge in [-0.3, -0.25) is 0 Å². The van der Waals surface area contributed by atoms with E-state index in [0.717, 1.165) is 41.9 Å². The summed E-state index contributed by atoms with van der Waals surface area (Å²) in [7, 11) is 0. The zero-order chi connectivity index (χ0) is 18.7. The van der Waals surface area contributed by atoms with Crippen LogP contribution in [-0.2, 0) is 0 Å². The lowest BCUT2D eigenvalue weighted by Gasteiger charge is -2.20. The van der Waals surface area contributed by atoms with Crippen molar-refractivity contribution in [2.24, 2.45) is 5.92 Å². The van der Waals surface area contributed by atoms with Gasteiger partial charge in [0, 0.05) is 11.1 Å². The summed E-state index contributed by atoms with van der Waals surface area (Å²) >= 11 is 0. The Morgan fingerprint density at radius 3 is 2.62 bits per heavy atom. The van der Waals surface area contributed by atoms with E-state index in [-0.39, 0.29) is 0 Å². The Bertz CT molecular complexity index is 819. The molecule has 0 fully saturated rings. The third-order valence-corrected chi connectivity index (χ3v) is 4.95. The Hall–Kier alpha value is -2.47. The molecular formula is C23H27NO2. The maximum Gasteiger partial charge on any atom is 0.268 e. The van der Waals surface area contributed by atoms with E-state index in [9.17, 15) is 0 Å². The first-order valence-electron chi connectivity index (χ1n) is 9.50. The molecule has 0 N–H and O–H groups in total. The first kappa shape index (κ1) is 18.3. The van der Waals surface area contributed by atoms with Crippen molar-refractivity contribution < 1.29 is 9.47 Å². The molecule has 3 heteroatoms. The number of nitriles is 1. The molecule has 0 radical (unpaired) electrons. The van der Waals surface area contributed by atoms with E-state index in [1.54, 1.807) is 0 Å². The predicted octanol–water partition coefficient (Wildman–Crippen LogP) is 6.27. The third-order valence-electron chi connectivity index (χ3n) is 4.95. The highest BCUT2D eigenvalue weighted by atomic mass is 16.7. The Morgan fingerprint density at radius 2 is 1.96 bits per heavy atom. The van der Waals surface area contributed by atoms with Crippen LogP contribution in [0.5, 0.6) is 11.5 Å². The molecule has 2 aromatic rings. The van der Waals surface area contributed by atoms with Crippen molar-refractivity contribution >= 4 is 0 Å². The molecule has 1 aliphatic heterocycles. The lowest BCUT2D eigenvalue weighted by molar-refractivity contribution is 0.0474. The van der Waals surface area contributed by atoms with Crippen LogP contribution in [0.3, 0.4) is 0 Å². The molecule has 26 heavy (non-hydrogen) atoms. The van der Waals surface area contributed by atoms with Crippen molar-refractivity contribution in [3.05, 3.63) is 58.7 Å². The van der Waals surface area contributed by atoms with E-state index in [2.05, 4.69) is 39.0 Å². The summed E-state index contributed by atoms with van der Waals surface area (Å²) in [6.45, 7) is 8.76. The van der Waals surface area contributed by atoms with Crippen LogP contribution in [-0.4, -0.2) is 0 Å². The number of hydrogen-bond donors (Lipinski definition) is 0.